The van der Waals surface area contributed by atoms with Gasteiger partial charge < -0.3 is 15.0 Å². The third-order valence-corrected chi connectivity index (χ3v) is 4.81. The van der Waals surface area contributed by atoms with Gasteiger partial charge in [-0.2, -0.15) is 0 Å². The average molecular weight is 343 g/mol. The largest absolute Gasteiger partial charge is 0.478 e. The first-order valence-electron chi connectivity index (χ1n) is 6.98. The van der Waals surface area contributed by atoms with E-state index in [4.69, 9.17) is 5.11 Å². The van der Waals surface area contributed by atoms with Crippen LogP contribution in [0.15, 0.2) is 35.4 Å². The Balaban J connectivity index is 1.94. The number of amides is 1. The van der Waals surface area contributed by atoms with E-state index < -0.39 is 5.97 Å². The Morgan fingerprint density at radius 3 is 2.54 bits per heavy atom. The van der Waals surface area contributed by atoms with Crippen LogP contribution >= 0.6 is 11.3 Å². The second kappa shape index (κ2) is 5.89. The second-order valence-electron chi connectivity index (χ2n) is 5.23. The summed E-state index contributed by atoms with van der Waals surface area (Å²) in [6, 6.07) is 5.85. The maximum atomic E-state index is 12.5. The van der Waals surface area contributed by atoms with Crippen LogP contribution in [0.4, 0.5) is 5.69 Å². The fourth-order valence-electron chi connectivity index (χ4n) is 2.31. The predicted octanol–water partition coefficient (Wildman–Crippen LogP) is 2.25. The number of aromatic nitrogens is 2. The van der Waals surface area contributed by atoms with Gasteiger partial charge in [0.25, 0.3) is 11.5 Å². The van der Waals surface area contributed by atoms with Gasteiger partial charge in [-0.05, 0) is 36.8 Å². The Morgan fingerprint density at radius 2 is 1.92 bits per heavy atom. The molecule has 2 heterocycles. The van der Waals surface area contributed by atoms with Crippen LogP contribution in [0, 0.1) is 6.92 Å². The van der Waals surface area contributed by atoms with Gasteiger partial charge in [-0.25, -0.2) is 9.78 Å². The molecule has 0 saturated carbocycles. The highest BCUT2D eigenvalue weighted by Gasteiger charge is 2.19. The lowest BCUT2D eigenvalue weighted by atomic mass is 10.2. The minimum atomic E-state index is -1.03. The number of benzene rings is 1. The number of carbonyl (C=O) groups is 2. The van der Waals surface area contributed by atoms with Crippen molar-refractivity contribution in [2.24, 2.45) is 7.05 Å². The van der Waals surface area contributed by atoms with Gasteiger partial charge in [0.05, 0.1) is 22.2 Å². The molecule has 0 spiro atoms. The van der Waals surface area contributed by atoms with E-state index in [1.165, 1.54) is 35.2 Å². The van der Waals surface area contributed by atoms with Gasteiger partial charge in [0.15, 0.2) is 0 Å². The Kier molecular flexibility index (Phi) is 3.90. The van der Waals surface area contributed by atoms with Crippen molar-refractivity contribution >= 4 is 39.1 Å². The third-order valence-electron chi connectivity index (χ3n) is 3.61. The van der Waals surface area contributed by atoms with Gasteiger partial charge in [-0.1, -0.05) is 0 Å². The highest BCUT2D eigenvalue weighted by Crippen LogP contribution is 2.27. The molecule has 0 fully saturated rings. The predicted molar refractivity (Wildman–Crippen MR) is 91.0 cm³/mol. The normalized spacial score (nSPS) is 10.8. The summed E-state index contributed by atoms with van der Waals surface area (Å²) in [5.74, 6) is -1.39. The van der Waals surface area contributed by atoms with E-state index in [9.17, 15) is 14.4 Å². The van der Waals surface area contributed by atoms with E-state index in [1.807, 2.05) is 0 Å². The molecule has 122 valence electrons. The molecule has 24 heavy (non-hydrogen) atoms. The number of carboxylic acid groups (broad SMARTS) is 1. The number of rotatable bonds is 3. The van der Waals surface area contributed by atoms with Gasteiger partial charge in [0.1, 0.15) is 4.83 Å². The standard InChI is InChI=1S/C16H13N3O4S/c1-8-11-14(17-7-19(2)15(11)21)24-12(8)13(20)18-10-5-3-9(4-6-10)16(22)23/h3-7H,1-2H3,(H,18,20)(H,22,23). The lowest BCUT2D eigenvalue weighted by molar-refractivity contribution is 0.0696. The molecular formula is C16H13N3O4S. The first kappa shape index (κ1) is 15.9. The number of carbonyl (C=O) groups excluding carboxylic acids is 1. The summed E-state index contributed by atoms with van der Waals surface area (Å²) in [7, 11) is 1.61. The molecular weight excluding hydrogens is 330 g/mol. The summed E-state index contributed by atoms with van der Waals surface area (Å²) < 4.78 is 1.37. The van der Waals surface area contributed by atoms with E-state index in [0.717, 1.165) is 11.3 Å². The fraction of sp³-hybridized carbons (Fsp3) is 0.125. The van der Waals surface area contributed by atoms with E-state index in [2.05, 4.69) is 10.3 Å². The molecule has 0 atom stereocenters. The molecule has 0 unspecified atom stereocenters. The topological polar surface area (TPSA) is 101 Å². The zero-order valence-corrected chi connectivity index (χ0v) is 13.7. The van der Waals surface area contributed by atoms with Gasteiger partial charge in [-0.3, -0.25) is 9.59 Å². The number of carboxylic acids is 1. The van der Waals surface area contributed by atoms with Crippen molar-refractivity contribution < 1.29 is 14.7 Å². The lowest BCUT2D eigenvalue weighted by Gasteiger charge is -2.04. The molecule has 2 aromatic heterocycles. The summed E-state index contributed by atoms with van der Waals surface area (Å²) in [6.45, 7) is 1.71. The van der Waals surface area contributed by atoms with Crippen LogP contribution in [0.5, 0.6) is 0 Å². The molecule has 0 aliphatic carbocycles. The van der Waals surface area contributed by atoms with Gasteiger partial charge in [-0.15, -0.1) is 11.3 Å². The summed E-state index contributed by atoms with van der Waals surface area (Å²) in [5, 5.41) is 12.0. The second-order valence-corrected chi connectivity index (χ2v) is 6.23. The molecule has 0 saturated heterocycles. The average Bonchev–Trinajstić information content (AvgIpc) is 2.89. The molecule has 1 amide bonds. The zero-order valence-electron chi connectivity index (χ0n) is 12.9. The SMILES string of the molecule is Cc1c(C(=O)Nc2ccc(C(=O)O)cc2)sc2ncn(C)c(=O)c12. The molecule has 7 nitrogen and oxygen atoms in total. The monoisotopic (exact) mass is 343 g/mol. The molecule has 2 N–H and O–H groups in total. The van der Waals surface area contributed by atoms with Crippen LogP contribution in [0.25, 0.3) is 10.2 Å². The Hall–Kier alpha value is -3.00. The number of anilines is 1. The van der Waals surface area contributed by atoms with Gasteiger partial charge in [0.2, 0.25) is 0 Å². The van der Waals surface area contributed by atoms with Crippen LogP contribution in [-0.2, 0) is 7.05 Å². The smallest absolute Gasteiger partial charge is 0.335 e. The van der Waals surface area contributed by atoms with Crippen molar-refractivity contribution in [1.29, 1.82) is 0 Å². The number of nitrogens with zero attached hydrogens (tertiary/aromatic N) is 2. The van der Waals surface area contributed by atoms with Crippen molar-refractivity contribution in [2.75, 3.05) is 5.32 Å². The zero-order chi connectivity index (χ0) is 17.4. The van der Waals surface area contributed by atoms with Gasteiger partial charge >= 0.3 is 5.97 Å². The third kappa shape index (κ3) is 2.67. The Bertz CT molecular complexity index is 1020. The van der Waals surface area contributed by atoms with Crippen LogP contribution in [0.2, 0.25) is 0 Å². The molecule has 1 aromatic carbocycles. The number of thiophene rings is 1. The first-order valence-corrected chi connectivity index (χ1v) is 7.79. The van der Waals surface area contributed by atoms with E-state index >= 15 is 0 Å². The lowest BCUT2D eigenvalue weighted by Crippen LogP contribution is -2.17. The summed E-state index contributed by atoms with van der Waals surface area (Å²) in [4.78, 5) is 40.6. The summed E-state index contributed by atoms with van der Waals surface area (Å²) in [5.41, 5.74) is 1.00. The van der Waals surface area contributed by atoms with E-state index in [-0.39, 0.29) is 17.0 Å². The number of nitrogens with one attached hydrogen (secondary N) is 1. The van der Waals surface area contributed by atoms with E-state index in [0.29, 0.717) is 26.3 Å². The molecule has 0 aliphatic heterocycles. The highest BCUT2D eigenvalue weighted by molar-refractivity contribution is 7.20. The Morgan fingerprint density at radius 1 is 1.25 bits per heavy atom. The minimum Gasteiger partial charge on any atom is -0.478 e. The van der Waals surface area contributed by atoms with Crippen molar-refractivity contribution in [3.8, 4) is 0 Å². The van der Waals surface area contributed by atoms with Crippen molar-refractivity contribution in [3.05, 3.63) is 57.0 Å². The summed E-state index contributed by atoms with van der Waals surface area (Å²) in [6.07, 6.45) is 1.42. The Labute approximate surface area is 140 Å². The summed E-state index contributed by atoms with van der Waals surface area (Å²) >= 11 is 1.15. The molecule has 3 aromatic rings. The number of fused-ring (bicyclic) bond motifs is 1. The quantitative estimate of drug-likeness (QED) is 0.759. The highest BCUT2D eigenvalue weighted by atomic mass is 32.1. The number of aromatic carboxylic acids is 1. The first-order chi connectivity index (χ1) is 11.4. The van der Waals surface area contributed by atoms with Crippen LogP contribution < -0.4 is 10.9 Å². The molecule has 8 heteroatoms. The number of hydrogen-bond donors (Lipinski definition) is 2. The molecule has 0 aliphatic rings. The van der Waals surface area contributed by atoms with Crippen molar-refractivity contribution in [1.82, 2.24) is 9.55 Å². The maximum absolute atomic E-state index is 12.5. The number of hydrogen-bond acceptors (Lipinski definition) is 5. The molecule has 0 radical (unpaired) electrons. The van der Waals surface area contributed by atoms with Crippen LogP contribution in [-0.4, -0.2) is 26.5 Å². The minimum absolute atomic E-state index is 0.138. The fourth-order valence-corrected chi connectivity index (χ4v) is 3.34. The maximum Gasteiger partial charge on any atom is 0.335 e. The van der Waals surface area contributed by atoms with E-state index in [1.54, 1.807) is 14.0 Å². The van der Waals surface area contributed by atoms with Crippen LogP contribution in [0.3, 0.4) is 0 Å². The molecule has 0 bridgehead atoms. The van der Waals surface area contributed by atoms with Crippen LogP contribution in [0.1, 0.15) is 25.6 Å². The van der Waals surface area contributed by atoms with Gasteiger partial charge in [0, 0.05) is 12.7 Å². The van der Waals surface area contributed by atoms with Crippen molar-refractivity contribution in [2.45, 2.75) is 6.92 Å². The molecule has 3 rings (SSSR count). The van der Waals surface area contributed by atoms with Crippen molar-refractivity contribution in [3.63, 3.8) is 0 Å². The number of aryl methyl sites for hydroxylation is 2.